The molecule has 1 aromatic carbocycles. The van der Waals surface area contributed by atoms with Gasteiger partial charge in [0.1, 0.15) is 18.2 Å². The maximum absolute atomic E-state index is 12.3. The van der Waals surface area contributed by atoms with Gasteiger partial charge in [0.15, 0.2) is 0 Å². The third-order valence-corrected chi connectivity index (χ3v) is 3.10. The highest BCUT2D eigenvalue weighted by atomic mass is 16.6. The van der Waals surface area contributed by atoms with E-state index >= 15 is 0 Å². The molecule has 7 nitrogen and oxygen atoms in total. The van der Waals surface area contributed by atoms with Crippen molar-refractivity contribution >= 4 is 12.1 Å². The summed E-state index contributed by atoms with van der Waals surface area (Å²) in [6, 6.07) is 8.48. The molecule has 0 aliphatic carbocycles. The molecule has 140 valence electrons. The predicted molar refractivity (Wildman–Crippen MR) is 94.0 cm³/mol. The van der Waals surface area contributed by atoms with Crippen molar-refractivity contribution < 1.29 is 24.2 Å². The summed E-state index contributed by atoms with van der Waals surface area (Å²) >= 11 is 0. The van der Waals surface area contributed by atoms with Gasteiger partial charge in [-0.2, -0.15) is 0 Å². The van der Waals surface area contributed by atoms with Gasteiger partial charge in [0.05, 0.1) is 6.61 Å². The van der Waals surface area contributed by atoms with Crippen LogP contribution < -0.4 is 10.6 Å². The highest BCUT2D eigenvalue weighted by Gasteiger charge is 2.25. The van der Waals surface area contributed by atoms with Crippen LogP contribution in [-0.4, -0.2) is 48.5 Å². The molecule has 0 aliphatic rings. The average molecular weight is 352 g/mol. The number of alkyl carbamates (subject to hydrolysis) is 1. The first kappa shape index (κ1) is 20.9. The minimum absolute atomic E-state index is 0.00259. The number of esters is 1. The largest absolute Gasteiger partial charge is 0.459 e. The first-order valence-electron chi connectivity index (χ1n) is 8.33. The minimum Gasteiger partial charge on any atom is -0.459 e. The van der Waals surface area contributed by atoms with Crippen molar-refractivity contribution in [2.24, 2.45) is 0 Å². The molecule has 0 radical (unpaired) electrons. The molecule has 1 unspecified atom stereocenters. The van der Waals surface area contributed by atoms with E-state index in [2.05, 4.69) is 10.6 Å². The van der Waals surface area contributed by atoms with E-state index in [0.717, 1.165) is 5.56 Å². The Kier molecular flexibility index (Phi) is 8.94. The van der Waals surface area contributed by atoms with Gasteiger partial charge < -0.3 is 25.2 Å². The molecule has 0 saturated carbocycles. The molecular weight excluding hydrogens is 324 g/mol. The van der Waals surface area contributed by atoms with Crippen molar-refractivity contribution in [3.63, 3.8) is 0 Å². The highest BCUT2D eigenvalue weighted by molar-refractivity contribution is 5.81. The van der Waals surface area contributed by atoms with Gasteiger partial charge in [0.2, 0.25) is 0 Å². The lowest BCUT2D eigenvalue weighted by Crippen LogP contribution is -2.45. The van der Waals surface area contributed by atoms with E-state index < -0.39 is 23.7 Å². The molecule has 0 aliphatic heterocycles. The molecule has 0 bridgehead atoms. The van der Waals surface area contributed by atoms with E-state index in [1.165, 1.54) is 0 Å². The number of rotatable bonds is 9. The summed E-state index contributed by atoms with van der Waals surface area (Å²) in [5.41, 5.74) is 0.211. The summed E-state index contributed by atoms with van der Waals surface area (Å²) < 4.78 is 10.5. The Morgan fingerprint density at radius 1 is 1.16 bits per heavy atom. The van der Waals surface area contributed by atoms with Gasteiger partial charge in [-0.1, -0.05) is 30.3 Å². The molecule has 25 heavy (non-hydrogen) atoms. The molecule has 0 spiro atoms. The molecule has 7 heteroatoms. The Morgan fingerprint density at radius 2 is 1.84 bits per heavy atom. The second-order valence-electron chi connectivity index (χ2n) is 6.55. The van der Waals surface area contributed by atoms with Crippen molar-refractivity contribution in [1.82, 2.24) is 10.6 Å². The highest BCUT2D eigenvalue weighted by Crippen LogP contribution is 2.08. The number of benzene rings is 1. The fourth-order valence-electron chi connectivity index (χ4n) is 1.98. The van der Waals surface area contributed by atoms with Gasteiger partial charge in [-0.3, -0.25) is 0 Å². The van der Waals surface area contributed by atoms with Crippen molar-refractivity contribution in [2.45, 2.75) is 45.4 Å². The van der Waals surface area contributed by atoms with Crippen LogP contribution in [0, 0.1) is 0 Å². The lowest BCUT2D eigenvalue weighted by molar-refractivity contribution is -0.147. The Labute approximate surface area is 148 Å². The third kappa shape index (κ3) is 9.69. The number of carbonyl (C=O) groups excluding carboxylic acids is 2. The summed E-state index contributed by atoms with van der Waals surface area (Å²) in [7, 11) is 0. The number of hydrogen-bond donors (Lipinski definition) is 3. The lowest BCUT2D eigenvalue weighted by Gasteiger charge is -2.23. The molecule has 0 aromatic heterocycles. The summed E-state index contributed by atoms with van der Waals surface area (Å²) in [4.78, 5) is 24.2. The number of aliphatic hydroxyl groups excluding tert-OH is 1. The van der Waals surface area contributed by atoms with Crippen molar-refractivity contribution in [1.29, 1.82) is 0 Å². The molecular formula is C18H28N2O5. The second-order valence-corrected chi connectivity index (χ2v) is 6.55. The SMILES string of the molecule is CC(C)(C)OC(=O)NC(CCNCCO)C(=O)OCc1ccccc1. The van der Waals surface area contributed by atoms with Crippen molar-refractivity contribution in [3.8, 4) is 0 Å². The fourth-order valence-corrected chi connectivity index (χ4v) is 1.98. The maximum Gasteiger partial charge on any atom is 0.408 e. The van der Waals surface area contributed by atoms with Crippen LogP contribution in [0.5, 0.6) is 0 Å². The van der Waals surface area contributed by atoms with Crippen LogP contribution in [0.2, 0.25) is 0 Å². The molecule has 1 amide bonds. The zero-order valence-corrected chi connectivity index (χ0v) is 15.1. The Bertz CT molecular complexity index is 528. The van der Waals surface area contributed by atoms with E-state index in [1.54, 1.807) is 20.8 Å². The number of aliphatic hydroxyl groups is 1. The Hall–Kier alpha value is -2.12. The van der Waals surface area contributed by atoms with Crippen molar-refractivity contribution in [3.05, 3.63) is 35.9 Å². The first-order valence-corrected chi connectivity index (χ1v) is 8.33. The fraction of sp³-hybridized carbons (Fsp3) is 0.556. The van der Waals surface area contributed by atoms with E-state index in [9.17, 15) is 9.59 Å². The Morgan fingerprint density at radius 3 is 2.44 bits per heavy atom. The molecule has 1 atom stereocenters. The van der Waals surface area contributed by atoms with Crippen LogP contribution in [0.25, 0.3) is 0 Å². The zero-order chi connectivity index (χ0) is 18.7. The van der Waals surface area contributed by atoms with E-state index in [4.69, 9.17) is 14.6 Å². The van der Waals surface area contributed by atoms with E-state index in [1.807, 2.05) is 30.3 Å². The second kappa shape index (κ2) is 10.7. The molecule has 3 N–H and O–H groups in total. The normalized spacial score (nSPS) is 12.3. The predicted octanol–water partition coefficient (Wildman–Crippen LogP) is 1.60. The summed E-state index contributed by atoms with van der Waals surface area (Å²) in [5, 5.41) is 14.3. The van der Waals surface area contributed by atoms with Gasteiger partial charge in [-0.25, -0.2) is 9.59 Å². The van der Waals surface area contributed by atoms with Crippen LogP contribution in [0.1, 0.15) is 32.8 Å². The topological polar surface area (TPSA) is 96.9 Å². The standard InChI is InChI=1S/C18H28N2O5/c1-18(2,3)25-17(23)20-15(9-10-19-11-12-21)16(22)24-13-14-7-5-4-6-8-14/h4-8,15,19,21H,9-13H2,1-3H3,(H,20,23). The van der Waals surface area contributed by atoms with Crippen LogP contribution in [0.15, 0.2) is 30.3 Å². The summed E-state index contributed by atoms with van der Waals surface area (Å²) in [6.07, 6.45) is -0.344. The van der Waals surface area contributed by atoms with Crippen LogP contribution >= 0.6 is 0 Å². The van der Waals surface area contributed by atoms with E-state index in [0.29, 0.717) is 19.5 Å². The lowest BCUT2D eigenvalue weighted by atomic mass is 10.2. The van der Waals surface area contributed by atoms with Crippen LogP contribution in [0.4, 0.5) is 4.79 Å². The van der Waals surface area contributed by atoms with Crippen molar-refractivity contribution in [2.75, 3.05) is 19.7 Å². The maximum atomic E-state index is 12.3. The third-order valence-electron chi connectivity index (χ3n) is 3.10. The van der Waals surface area contributed by atoms with Gasteiger partial charge in [0, 0.05) is 6.54 Å². The summed E-state index contributed by atoms with van der Waals surface area (Å²) in [6.45, 7) is 6.24. The van der Waals surface area contributed by atoms with Gasteiger partial charge >= 0.3 is 12.1 Å². The number of nitrogens with one attached hydrogen (secondary N) is 2. The number of carbonyl (C=O) groups is 2. The number of hydrogen-bond acceptors (Lipinski definition) is 6. The molecule has 0 heterocycles. The smallest absolute Gasteiger partial charge is 0.408 e. The van der Waals surface area contributed by atoms with Gasteiger partial charge in [0.25, 0.3) is 0 Å². The molecule has 1 rings (SSSR count). The van der Waals surface area contributed by atoms with Gasteiger partial charge in [-0.15, -0.1) is 0 Å². The molecule has 0 fully saturated rings. The number of amides is 1. The molecule has 1 aromatic rings. The average Bonchev–Trinajstić information content (AvgIpc) is 2.54. The Balaban J connectivity index is 2.58. The first-order chi connectivity index (χ1) is 11.8. The summed E-state index contributed by atoms with van der Waals surface area (Å²) in [5.74, 6) is -0.527. The monoisotopic (exact) mass is 352 g/mol. The minimum atomic E-state index is -0.829. The van der Waals surface area contributed by atoms with Crippen LogP contribution in [-0.2, 0) is 20.9 Å². The number of ether oxygens (including phenoxy) is 2. The zero-order valence-electron chi connectivity index (χ0n) is 15.1. The quantitative estimate of drug-likeness (QED) is 0.461. The van der Waals surface area contributed by atoms with E-state index in [-0.39, 0.29) is 13.2 Å². The molecule has 0 saturated heterocycles. The van der Waals surface area contributed by atoms with Gasteiger partial charge in [-0.05, 0) is 39.3 Å². The van der Waals surface area contributed by atoms with Crippen LogP contribution in [0.3, 0.4) is 0 Å².